The molecule has 0 bridgehead atoms. The predicted molar refractivity (Wildman–Crippen MR) is 145 cm³/mol. The van der Waals surface area contributed by atoms with Crippen LogP contribution in [-0.2, 0) is 30.6 Å². The van der Waals surface area contributed by atoms with Crippen molar-refractivity contribution >= 4 is 27.5 Å². The van der Waals surface area contributed by atoms with E-state index < -0.39 is 33.7 Å². The standard InChI is InChI=1S/C29H32N2O6S/c1-4-27(32)25(17-20-9-8-15-30-19-20)22-12-13-23(24(18-22)21-10-6-5-7-11-21)28(33)31-26(29(34)37-2)14-16-38(3,35)36/h5-13,15,18-19,25-26H,4,14,16-17H2,1-3H3,(H,31,33). The summed E-state index contributed by atoms with van der Waals surface area (Å²) >= 11 is 0. The summed E-state index contributed by atoms with van der Waals surface area (Å²) in [7, 11) is -2.18. The van der Waals surface area contributed by atoms with Crippen LogP contribution in [-0.4, -0.2) is 56.2 Å². The molecule has 0 fully saturated rings. The van der Waals surface area contributed by atoms with Crippen molar-refractivity contribution in [1.29, 1.82) is 0 Å². The van der Waals surface area contributed by atoms with Gasteiger partial charge >= 0.3 is 5.97 Å². The van der Waals surface area contributed by atoms with E-state index in [1.165, 1.54) is 7.11 Å². The molecule has 0 spiro atoms. The first-order valence-corrected chi connectivity index (χ1v) is 14.4. The van der Waals surface area contributed by atoms with Crippen LogP contribution >= 0.6 is 0 Å². The molecule has 0 radical (unpaired) electrons. The minimum atomic E-state index is -3.36. The highest BCUT2D eigenvalue weighted by Crippen LogP contribution is 2.31. The lowest BCUT2D eigenvalue weighted by Gasteiger charge is -2.20. The van der Waals surface area contributed by atoms with Gasteiger partial charge in [-0.05, 0) is 53.3 Å². The summed E-state index contributed by atoms with van der Waals surface area (Å²) in [4.78, 5) is 42.9. The van der Waals surface area contributed by atoms with Crippen LogP contribution in [0.2, 0.25) is 0 Å². The van der Waals surface area contributed by atoms with Gasteiger partial charge in [0.2, 0.25) is 0 Å². The molecule has 9 heteroatoms. The summed E-state index contributed by atoms with van der Waals surface area (Å²) in [6.45, 7) is 1.82. The number of nitrogens with one attached hydrogen (secondary N) is 1. The maximum absolute atomic E-state index is 13.4. The molecule has 0 aliphatic carbocycles. The van der Waals surface area contributed by atoms with Gasteiger partial charge in [-0.3, -0.25) is 14.6 Å². The molecule has 0 aliphatic rings. The number of hydrogen-bond acceptors (Lipinski definition) is 7. The monoisotopic (exact) mass is 536 g/mol. The zero-order chi connectivity index (χ0) is 27.7. The van der Waals surface area contributed by atoms with Crippen molar-refractivity contribution < 1.29 is 27.5 Å². The van der Waals surface area contributed by atoms with Gasteiger partial charge in [0.05, 0.1) is 12.9 Å². The first-order chi connectivity index (χ1) is 18.1. The minimum Gasteiger partial charge on any atom is -0.467 e. The Morgan fingerprint density at radius 1 is 1.03 bits per heavy atom. The fourth-order valence-electron chi connectivity index (χ4n) is 4.21. The third kappa shape index (κ3) is 7.82. The van der Waals surface area contributed by atoms with Gasteiger partial charge in [0.1, 0.15) is 21.7 Å². The summed E-state index contributed by atoms with van der Waals surface area (Å²) in [6.07, 6.45) is 5.19. The third-order valence-electron chi connectivity index (χ3n) is 6.24. The van der Waals surface area contributed by atoms with Gasteiger partial charge in [0.15, 0.2) is 0 Å². The second kappa shape index (κ2) is 13.1. The normalized spacial score (nSPS) is 12.8. The molecule has 38 heavy (non-hydrogen) atoms. The van der Waals surface area contributed by atoms with Crippen LogP contribution in [0.15, 0.2) is 73.1 Å². The van der Waals surface area contributed by atoms with Gasteiger partial charge in [-0.15, -0.1) is 0 Å². The molecule has 2 atom stereocenters. The molecule has 3 aromatic rings. The van der Waals surface area contributed by atoms with E-state index in [0.717, 1.165) is 22.9 Å². The number of sulfone groups is 1. The molecule has 1 aromatic heterocycles. The predicted octanol–water partition coefficient (Wildman–Crippen LogP) is 3.76. The zero-order valence-electron chi connectivity index (χ0n) is 21.7. The van der Waals surface area contributed by atoms with E-state index in [2.05, 4.69) is 10.3 Å². The highest BCUT2D eigenvalue weighted by molar-refractivity contribution is 7.90. The fourth-order valence-corrected chi connectivity index (χ4v) is 4.87. The largest absolute Gasteiger partial charge is 0.467 e. The average molecular weight is 537 g/mol. The number of hydrogen-bond donors (Lipinski definition) is 1. The van der Waals surface area contributed by atoms with Gasteiger partial charge in [-0.2, -0.15) is 0 Å². The summed E-state index contributed by atoms with van der Waals surface area (Å²) in [5.41, 5.74) is 3.32. The molecule has 2 unspecified atom stereocenters. The Morgan fingerprint density at radius 2 is 1.76 bits per heavy atom. The third-order valence-corrected chi connectivity index (χ3v) is 7.22. The smallest absolute Gasteiger partial charge is 0.328 e. The van der Waals surface area contributed by atoms with E-state index in [1.54, 1.807) is 24.5 Å². The number of rotatable bonds is 12. The molecule has 0 saturated heterocycles. The Labute approximate surface area is 223 Å². The number of carbonyl (C=O) groups is 3. The van der Waals surface area contributed by atoms with Crippen LogP contribution < -0.4 is 5.32 Å². The van der Waals surface area contributed by atoms with Crippen molar-refractivity contribution in [2.45, 2.75) is 38.1 Å². The Bertz CT molecular complexity index is 1370. The number of ketones is 1. The average Bonchev–Trinajstić information content (AvgIpc) is 2.93. The van der Waals surface area contributed by atoms with Crippen LogP contribution in [0, 0.1) is 0 Å². The number of Topliss-reactive ketones (excluding diaryl/α,β-unsaturated/α-hetero) is 1. The number of carbonyl (C=O) groups excluding carboxylic acids is 3. The number of benzene rings is 2. The van der Waals surface area contributed by atoms with E-state index >= 15 is 0 Å². The summed E-state index contributed by atoms with van der Waals surface area (Å²) in [6, 6.07) is 17.1. The summed E-state index contributed by atoms with van der Waals surface area (Å²) in [5, 5.41) is 2.64. The van der Waals surface area contributed by atoms with E-state index in [1.807, 2.05) is 55.5 Å². The van der Waals surface area contributed by atoms with Crippen molar-refractivity contribution in [3.05, 3.63) is 89.7 Å². The first kappa shape index (κ1) is 28.7. The van der Waals surface area contributed by atoms with Crippen molar-refractivity contribution in [1.82, 2.24) is 10.3 Å². The maximum atomic E-state index is 13.4. The maximum Gasteiger partial charge on any atom is 0.328 e. The Kier molecular flexibility index (Phi) is 9.90. The number of methoxy groups -OCH3 is 1. The van der Waals surface area contributed by atoms with Crippen molar-refractivity contribution in [2.24, 2.45) is 0 Å². The lowest BCUT2D eigenvalue weighted by Crippen LogP contribution is -2.42. The van der Waals surface area contributed by atoms with Crippen LogP contribution in [0.5, 0.6) is 0 Å². The second-order valence-corrected chi connectivity index (χ2v) is 11.3. The van der Waals surface area contributed by atoms with Crippen LogP contribution in [0.25, 0.3) is 11.1 Å². The van der Waals surface area contributed by atoms with Gasteiger partial charge < -0.3 is 10.1 Å². The number of esters is 1. The summed E-state index contributed by atoms with van der Waals surface area (Å²) in [5.74, 6) is -1.93. The van der Waals surface area contributed by atoms with Crippen molar-refractivity contribution in [3.63, 3.8) is 0 Å². The molecule has 0 saturated carbocycles. The number of amides is 1. The molecule has 8 nitrogen and oxygen atoms in total. The molecular weight excluding hydrogens is 504 g/mol. The molecule has 1 N–H and O–H groups in total. The van der Waals surface area contributed by atoms with E-state index in [9.17, 15) is 22.8 Å². The highest BCUT2D eigenvalue weighted by atomic mass is 32.2. The zero-order valence-corrected chi connectivity index (χ0v) is 22.5. The van der Waals surface area contributed by atoms with Crippen molar-refractivity contribution in [3.8, 4) is 11.1 Å². The first-order valence-electron chi connectivity index (χ1n) is 12.3. The molecule has 1 amide bonds. The molecule has 1 heterocycles. The lowest BCUT2D eigenvalue weighted by molar-refractivity contribution is -0.142. The number of pyridine rings is 1. The Morgan fingerprint density at radius 3 is 2.37 bits per heavy atom. The molecule has 200 valence electrons. The van der Waals surface area contributed by atoms with Gasteiger partial charge in [0, 0.05) is 36.6 Å². The molecular formula is C29H32N2O6S. The topological polar surface area (TPSA) is 119 Å². The minimum absolute atomic E-state index is 0.0663. The number of ether oxygens (including phenoxy) is 1. The van der Waals surface area contributed by atoms with Crippen LogP contribution in [0.1, 0.15) is 47.2 Å². The van der Waals surface area contributed by atoms with Crippen LogP contribution in [0.4, 0.5) is 0 Å². The fraction of sp³-hybridized carbons (Fsp3) is 0.310. The van der Waals surface area contributed by atoms with Gasteiger partial charge in [-0.1, -0.05) is 49.4 Å². The van der Waals surface area contributed by atoms with E-state index in [4.69, 9.17) is 4.74 Å². The van der Waals surface area contributed by atoms with Crippen LogP contribution in [0.3, 0.4) is 0 Å². The van der Waals surface area contributed by atoms with Gasteiger partial charge in [0.25, 0.3) is 5.91 Å². The quantitative estimate of drug-likeness (QED) is 0.350. The van der Waals surface area contributed by atoms with E-state index in [0.29, 0.717) is 18.4 Å². The lowest BCUT2D eigenvalue weighted by atomic mass is 9.85. The van der Waals surface area contributed by atoms with Gasteiger partial charge in [-0.25, -0.2) is 13.2 Å². The Balaban J connectivity index is 2.02. The SMILES string of the molecule is CCC(=O)C(Cc1cccnc1)c1ccc(C(=O)NC(CCS(C)(=O)=O)C(=O)OC)c(-c2ccccc2)c1. The molecule has 2 aromatic carbocycles. The van der Waals surface area contributed by atoms with E-state index in [-0.39, 0.29) is 23.5 Å². The molecule has 3 rings (SSSR count). The Hall–Kier alpha value is -3.85. The summed E-state index contributed by atoms with van der Waals surface area (Å²) < 4.78 is 28.1. The highest BCUT2D eigenvalue weighted by Gasteiger charge is 2.26. The molecule has 0 aliphatic heterocycles. The number of nitrogens with zero attached hydrogens (tertiary/aromatic N) is 1. The second-order valence-electron chi connectivity index (χ2n) is 9.08. The number of aromatic nitrogens is 1. The van der Waals surface area contributed by atoms with Crippen molar-refractivity contribution in [2.75, 3.05) is 19.1 Å².